The van der Waals surface area contributed by atoms with Gasteiger partial charge in [-0.3, -0.25) is 4.79 Å². The van der Waals surface area contributed by atoms with Gasteiger partial charge in [0.15, 0.2) is 0 Å². The third-order valence-electron chi connectivity index (χ3n) is 5.15. The first-order valence-electron chi connectivity index (χ1n) is 8.19. The van der Waals surface area contributed by atoms with Crippen LogP contribution < -0.4 is 5.73 Å². The average molecular weight is 296 g/mol. The Morgan fingerprint density at radius 1 is 1.10 bits per heavy atom. The van der Waals surface area contributed by atoms with Gasteiger partial charge in [0.25, 0.3) is 0 Å². The fraction of sp³-hybridized carbons (Fsp3) is 0.875. The highest BCUT2D eigenvalue weighted by molar-refractivity contribution is 7.80. The SMILES string of the molecule is CC1CCCCCN1C(=O)C1(C(N)=S)CCCCCC1. The van der Waals surface area contributed by atoms with Crippen molar-refractivity contribution in [3.8, 4) is 0 Å². The zero-order chi connectivity index (χ0) is 14.6. The molecule has 0 aromatic rings. The first kappa shape index (κ1) is 15.7. The average Bonchev–Trinajstić information content (AvgIpc) is 2.78. The summed E-state index contributed by atoms with van der Waals surface area (Å²) in [5.41, 5.74) is 5.50. The first-order chi connectivity index (χ1) is 9.58. The minimum absolute atomic E-state index is 0.223. The van der Waals surface area contributed by atoms with Crippen molar-refractivity contribution in [3.05, 3.63) is 0 Å². The monoisotopic (exact) mass is 296 g/mol. The second kappa shape index (κ2) is 6.88. The lowest BCUT2D eigenvalue weighted by Crippen LogP contribution is -2.53. The summed E-state index contributed by atoms with van der Waals surface area (Å²) in [6, 6.07) is 0.333. The molecule has 3 nitrogen and oxygen atoms in total. The molecule has 20 heavy (non-hydrogen) atoms. The normalized spacial score (nSPS) is 27.4. The number of carbonyl (C=O) groups excluding carboxylic acids is 1. The fourth-order valence-electron chi connectivity index (χ4n) is 3.75. The predicted octanol–water partition coefficient (Wildman–Crippen LogP) is 3.40. The van der Waals surface area contributed by atoms with Gasteiger partial charge in [0.05, 0.1) is 10.4 Å². The van der Waals surface area contributed by atoms with Crippen molar-refractivity contribution < 1.29 is 4.79 Å². The number of thiocarbonyl (C=S) groups is 1. The van der Waals surface area contributed by atoms with E-state index in [1.165, 1.54) is 25.7 Å². The summed E-state index contributed by atoms with van der Waals surface area (Å²) in [7, 11) is 0. The van der Waals surface area contributed by atoms with E-state index in [-0.39, 0.29) is 5.91 Å². The lowest BCUT2D eigenvalue weighted by atomic mass is 9.78. The van der Waals surface area contributed by atoms with Gasteiger partial charge in [-0.05, 0) is 32.6 Å². The van der Waals surface area contributed by atoms with Crippen LogP contribution in [0.2, 0.25) is 0 Å². The zero-order valence-corrected chi connectivity index (χ0v) is 13.5. The van der Waals surface area contributed by atoms with E-state index in [0.29, 0.717) is 11.0 Å². The standard InChI is InChI=1S/C16H28N2OS/c1-13-9-5-4-8-12-18(13)15(19)16(14(17)20)10-6-2-3-7-11-16/h13H,2-12H2,1H3,(H2,17,20). The van der Waals surface area contributed by atoms with Crippen molar-refractivity contribution >= 4 is 23.1 Å². The largest absolute Gasteiger partial charge is 0.392 e. The summed E-state index contributed by atoms with van der Waals surface area (Å²) in [6.45, 7) is 3.05. The maximum Gasteiger partial charge on any atom is 0.235 e. The number of likely N-dealkylation sites (tertiary alicyclic amines) is 1. The molecule has 0 aromatic heterocycles. The number of nitrogens with two attached hydrogens (primary N) is 1. The molecule has 1 amide bonds. The summed E-state index contributed by atoms with van der Waals surface area (Å²) in [5, 5.41) is 0. The maximum absolute atomic E-state index is 13.2. The quantitative estimate of drug-likeness (QED) is 0.627. The Bertz CT molecular complexity index is 361. The second-order valence-electron chi connectivity index (χ2n) is 6.56. The van der Waals surface area contributed by atoms with Crippen LogP contribution in [0.3, 0.4) is 0 Å². The number of rotatable bonds is 2. The van der Waals surface area contributed by atoms with Crippen molar-refractivity contribution in [1.29, 1.82) is 0 Å². The third kappa shape index (κ3) is 3.16. The van der Waals surface area contributed by atoms with Crippen molar-refractivity contribution in [3.63, 3.8) is 0 Å². The van der Waals surface area contributed by atoms with Gasteiger partial charge in [-0.2, -0.15) is 0 Å². The molecule has 0 bridgehead atoms. The van der Waals surface area contributed by atoms with Crippen LogP contribution in [0, 0.1) is 5.41 Å². The molecule has 0 spiro atoms. The van der Waals surface area contributed by atoms with Crippen molar-refractivity contribution in [2.24, 2.45) is 11.1 Å². The lowest BCUT2D eigenvalue weighted by Gasteiger charge is -2.38. The van der Waals surface area contributed by atoms with Crippen LogP contribution in [0.5, 0.6) is 0 Å². The summed E-state index contributed by atoms with van der Waals surface area (Å²) in [4.78, 5) is 15.7. The molecule has 0 aromatic carbocycles. The van der Waals surface area contributed by atoms with Gasteiger partial charge in [0.1, 0.15) is 0 Å². The number of nitrogens with zero attached hydrogens (tertiary/aromatic N) is 1. The summed E-state index contributed by atoms with van der Waals surface area (Å²) >= 11 is 5.34. The first-order valence-corrected chi connectivity index (χ1v) is 8.60. The topological polar surface area (TPSA) is 46.3 Å². The van der Waals surface area contributed by atoms with Crippen LogP contribution in [0.15, 0.2) is 0 Å². The third-order valence-corrected chi connectivity index (χ3v) is 5.54. The predicted molar refractivity (Wildman–Crippen MR) is 86.6 cm³/mol. The van der Waals surface area contributed by atoms with Crippen LogP contribution in [0.4, 0.5) is 0 Å². The Kier molecular flexibility index (Phi) is 5.42. The van der Waals surface area contributed by atoms with Crippen molar-refractivity contribution in [2.75, 3.05) is 6.54 Å². The molecule has 1 saturated carbocycles. The van der Waals surface area contributed by atoms with Gasteiger partial charge in [-0.15, -0.1) is 0 Å². The van der Waals surface area contributed by atoms with Gasteiger partial charge in [0.2, 0.25) is 5.91 Å². The molecule has 1 unspecified atom stereocenters. The van der Waals surface area contributed by atoms with Crippen LogP contribution in [-0.4, -0.2) is 28.4 Å². The molecule has 2 rings (SSSR count). The van der Waals surface area contributed by atoms with Crippen LogP contribution >= 0.6 is 12.2 Å². The molecule has 1 atom stereocenters. The van der Waals surface area contributed by atoms with E-state index in [4.69, 9.17) is 18.0 Å². The molecule has 1 saturated heterocycles. The number of carbonyl (C=O) groups is 1. The molecule has 2 fully saturated rings. The minimum Gasteiger partial charge on any atom is -0.392 e. The smallest absolute Gasteiger partial charge is 0.235 e. The zero-order valence-electron chi connectivity index (χ0n) is 12.7. The van der Waals surface area contributed by atoms with E-state index in [0.717, 1.165) is 45.1 Å². The van der Waals surface area contributed by atoms with Gasteiger partial charge >= 0.3 is 0 Å². The fourth-order valence-corrected chi connectivity index (χ4v) is 4.04. The molecule has 2 N–H and O–H groups in total. The molecule has 114 valence electrons. The molecule has 0 radical (unpaired) electrons. The highest BCUT2D eigenvalue weighted by Crippen LogP contribution is 2.38. The lowest BCUT2D eigenvalue weighted by molar-refractivity contribution is -0.141. The number of amides is 1. The Hall–Kier alpha value is -0.640. The van der Waals surface area contributed by atoms with Crippen LogP contribution in [0.25, 0.3) is 0 Å². The molecule has 1 aliphatic carbocycles. The van der Waals surface area contributed by atoms with Gasteiger partial charge in [0, 0.05) is 12.6 Å². The van der Waals surface area contributed by atoms with E-state index in [9.17, 15) is 4.79 Å². The Morgan fingerprint density at radius 3 is 2.30 bits per heavy atom. The molecule has 4 heteroatoms. The van der Waals surface area contributed by atoms with E-state index in [2.05, 4.69) is 11.8 Å². The maximum atomic E-state index is 13.2. The molecular weight excluding hydrogens is 268 g/mol. The second-order valence-corrected chi connectivity index (χ2v) is 7.00. The Labute approximate surface area is 128 Å². The van der Waals surface area contributed by atoms with E-state index in [1.807, 2.05) is 0 Å². The van der Waals surface area contributed by atoms with Gasteiger partial charge in [-0.25, -0.2) is 0 Å². The Morgan fingerprint density at radius 2 is 1.70 bits per heavy atom. The van der Waals surface area contributed by atoms with E-state index >= 15 is 0 Å². The molecule has 2 aliphatic rings. The van der Waals surface area contributed by atoms with Crippen molar-refractivity contribution in [2.45, 2.75) is 77.2 Å². The summed E-state index contributed by atoms with van der Waals surface area (Å²) in [6.07, 6.45) is 10.9. The highest BCUT2D eigenvalue weighted by Gasteiger charge is 2.44. The molecule has 1 aliphatic heterocycles. The molecule has 1 heterocycles. The summed E-state index contributed by atoms with van der Waals surface area (Å²) in [5.74, 6) is 0.223. The number of hydrogen-bond acceptors (Lipinski definition) is 2. The Balaban J connectivity index is 2.23. The van der Waals surface area contributed by atoms with Gasteiger partial charge < -0.3 is 10.6 Å². The van der Waals surface area contributed by atoms with E-state index < -0.39 is 5.41 Å². The van der Waals surface area contributed by atoms with Crippen molar-refractivity contribution in [1.82, 2.24) is 4.90 Å². The molecular formula is C16H28N2OS. The van der Waals surface area contributed by atoms with Crippen LogP contribution in [-0.2, 0) is 4.79 Å². The summed E-state index contributed by atoms with van der Waals surface area (Å²) < 4.78 is 0. The number of hydrogen-bond donors (Lipinski definition) is 1. The van der Waals surface area contributed by atoms with Crippen LogP contribution in [0.1, 0.15) is 71.1 Å². The highest BCUT2D eigenvalue weighted by atomic mass is 32.1. The minimum atomic E-state index is -0.551. The van der Waals surface area contributed by atoms with E-state index in [1.54, 1.807) is 0 Å². The van der Waals surface area contributed by atoms with Gasteiger partial charge in [-0.1, -0.05) is 50.7 Å².